The molecule has 0 bridgehead atoms. The highest BCUT2D eigenvalue weighted by Crippen LogP contribution is 2.38. The summed E-state index contributed by atoms with van der Waals surface area (Å²) in [5.74, 6) is -0.226. The lowest BCUT2D eigenvalue weighted by Crippen LogP contribution is -3.00. The van der Waals surface area contributed by atoms with E-state index in [2.05, 4.69) is 0 Å². The van der Waals surface area contributed by atoms with Crippen LogP contribution in [0.5, 0.6) is 11.5 Å². The molecule has 0 aliphatic rings. The molecule has 0 aliphatic carbocycles. The summed E-state index contributed by atoms with van der Waals surface area (Å²) in [6, 6.07) is 12.4. The Morgan fingerprint density at radius 2 is 1.75 bits per heavy atom. The molecule has 0 saturated carbocycles. The molecule has 7 heteroatoms. The average molecular weight is 392 g/mol. The summed E-state index contributed by atoms with van der Waals surface area (Å²) in [6.45, 7) is 2.56. The van der Waals surface area contributed by atoms with Gasteiger partial charge in [-0.15, -0.1) is 0 Å². The number of rotatable bonds is 3. The van der Waals surface area contributed by atoms with Crippen LogP contribution in [0.25, 0.3) is 16.8 Å². The van der Waals surface area contributed by atoms with Crippen LogP contribution in [0.3, 0.4) is 0 Å². The van der Waals surface area contributed by atoms with Crippen LogP contribution in [-0.4, -0.2) is 11.9 Å². The van der Waals surface area contributed by atoms with Gasteiger partial charge < -0.3 is 26.5 Å². The standard InChI is InChI=1S/C17H14NO5.BrH/c1-11(19)21-15-8-5-7-14(17(15)22-12(2)20)16-10-13-6-3-4-9-18(13)23-16;/h3-10H,1-2H3;1H/q+1;/p-1. The molecule has 3 rings (SSSR count). The molecule has 0 radical (unpaired) electrons. The van der Waals surface area contributed by atoms with E-state index in [1.807, 2.05) is 18.2 Å². The molecule has 0 spiro atoms. The zero-order valence-corrected chi connectivity index (χ0v) is 14.6. The average Bonchev–Trinajstić information content (AvgIpc) is 2.91. The maximum atomic E-state index is 11.4. The Bertz CT molecular complexity index is 870. The number of pyridine rings is 1. The Morgan fingerprint density at radius 1 is 1.00 bits per heavy atom. The minimum absolute atomic E-state index is 0. The van der Waals surface area contributed by atoms with Crippen molar-refractivity contribution in [2.45, 2.75) is 13.8 Å². The van der Waals surface area contributed by atoms with E-state index in [1.54, 1.807) is 35.0 Å². The summed E-state index contributed by atoms with van der Waals surface area (Å²) in [5, 5.41) is 0. The van der Waals surface area contributed by atoms with Gasteiger partial charge >= 0.3 is 11.9 Å². The molecule has 2 heterocycles. The number of ether oxygens (including phenoxy) is 2. The quantitative estimate of drug-likeness (QED) is 0.343. The Hall–Kier alpha value is -2.67. The van der Waals surface area contributed by atoms with E-state index in [4.69, 9.17) is 14.0 Å². The van der Waals surface area contributed by atoms with Crippen LogP contribution in [-0.2, 0) is 9.59 Å². The van der Waals surface area contributed by atoms with Crippen LogP contribution >= 0.6 is 0 Å². The number of hydrogen-bond donors (Lipinski definition) is 0. The monoisotopic (exact) mass is 391 g/mol. The second-order valence-electron chi connectivity index (χ2n) is 4.87. The van der Waals surface area contributed by atoms with Crippen molar-refractivity contribution < 1.29 is 45.1 Å². The van der Waals surface area contributed by atoms with Gasteiger partial charge in [0.15, 0.2) is 11.5 Å². The van der Waals surface area contributed by atoms with Gasteiger partial charge in [0.2, 0.25) is 12.0 Å². The smallest absolute Gasteiger partial charge is 0.308 e. The predicted octanol–water partition coefficient (Wildman–Crippen LogP) is -0.460. The van der Waals surface area contributed by atoms with Crippen molar-refractivity contribution >= 4 is 17.5 Å². The summed E-state index contributed by atoms with van der Waals surface area (Å²) in [4.78, 5) is 22.7. The fourth-order valence-corrected chi connectivity index (χ4v) is 2.22. The first-order valence-electron chi connectivity index (χ1n) is 6.95. The fourth-order valence-electron chi connectivity index (χ4n) is 2.22. The summed E-state index contributed by atoms with van der Waals surface area (Å²) < 4.78 is 17.7. The predicted molar refractivity (Wildman–Crippen MR) is 79.9 cm³/mol. The lowest BCUT2D eigenvalue weighted by molar-refractivity contribution is -0.714. The molecule has 0 fully saturated rings. The maximum Gasteiger partial charge on any atom is 0.308 e. The van der Waals surface area contributed by atoms with E-state index in [1.165, 1.54) is 13.8 Å². The van der Waals surface area contributed by atoms with E-state index in [0.717, 1.165) is 5.52 Å². The molecule has 0 unspecified atom stereocenters. The van der Waals surface area contributed by atoms with E-state index in [9.17, 15) is 9.59 Å². The Kier molecular flexibility index (Phi) is 5.35. The summed E-state index contributed by atoms with van der Waals surface area (Å²) >= 11 is 0. The molecule has 0 N–H and O–H groups in total. The van der Waals surface area contributed by atoms with Crippen LogP contribution in [0.15, 0.2) is 53.2 Å². The molecule has 6 nitrogen and oxygen atoms in total. The fraction of sp³-hybridized carbons (Fsp3) is 0.118. The van der Waals surface area contributed by atoms with Crippen LogP contribution < -0.4 is 31.0 Å². The topological polar surface area (TPSA) is 69.8 Å². The zero-order chi connectivity index (χ0) is 16.4. The molecular weight excluding hydrogens is 378 g/mol. The number of hydrogen-bond acceptors (Lipinski definition) is 5. The first-order valence-corrected chi connectivity index (χ1v) is 6.95. The van der Waals surface area contributed by atoms with Crippen molar-refractivity contribution in [2.75, 3.05) is 0 Å². The van der Waals surface area contributed by atoms with Gasteiger partial charge in [0.1, 0.15) is 0 Å². The number of carbonyl (C=O) groups is 2. The lowest BCUT2D eigenvalue weighted by Gasteiger charge is -2.10. The van der Waals surface area contributed by atoms with Gasteiger partial charge in [-0.1, -0.05) is 6.07 Å². The lowest BCUT2D eigenvalue weighted by atomic mass is 10.1. The molecule has 24 heavy (non-hydrogen) atoms. The van der Waals surface area contributed by atoms with Crippen LogP contribution in [0.4, 0.5) is 0 Å². The molecule has 0 aliphatic heterocycles. The van der Waals surface area contributed by atoms with Crippen molar-refractivity contribution in [3.05, 3.63) is 48.7 Å². The number of halogens is 1. The number of para-hydroxylation sites is 1. The SMILES string of the molecule is CC(=O)Oc1cccc(-c2cc3cccc[n+]3o2)c1OC(C)=O.[Br-]. The highest BCUT2D eigenvalue weighted by Gasteiger charge is 2.22. The number of fused-ring (bicyclic) bond motifs is 1. The van der Waals surface area contributed by atoms with Gasteiger partial charge in [-0.3, -0.25) is 9.59 Å². The largest absolute Gasteiger partial charge is 1.00 e. The van der Waals surface area contributed by atoms with E-state index in [-0.39, 0.29) is 28.5 Å². The molecule has 3 aromatic rings. The Balaban J connectivity index is 0.00000208. The molecule has 1 aromatic carbocycles. The number of aromatic nitrogens is 1. The third-order valence-corrected chi connectivity index (χ3v) is 3.07. The van der Waals surface area contributed by atoms with Crippen molar-refractivity contribution in [3.63, 3.8) is 0 Å². The summed E-state index contributed by atoms with van der Waals surface area (Å²) in [6.07, 6.45) is 1.76. The Labute approximate surface area is 148 Å². The summed E-state index contributed by atoms with van der Waals surface area (Å²) in [5.41, 5.74) is 1.36. The maximum absolute atomic E-state index is 11.4. The molecule has 2 aromatic heterocycles. The number of esters is 2. The third kappa shape index (κ3) is 3.62. The van der Waals surface area contributed by atoms with E-state index >= 15 is 0 Å². The van der Waals surface area contributed by atoms with Gasteiger partial charge in [0.05, 0.1) is 11.6 Å². The van der Waals surface area contributed by atoms with Gasteiger partial charge in [-0.2, -0.15) is 0 Å². The van der Waals surface area contributed by atoms with E-state index < -0.39 is 11.9 Å². The van der Waals surface area contributed by atoms with Crippen LogP contribution in [0.1, 0.15) is 13.8 Å². The first kappa shape index (κ1) is 17.7. The van der Waals surface area contributed by atoms with Crippen molar-refractivity contribution in [3.8, 4) is 22.8 Å². The molecular formula is C17H14BrNO5. The van der Waals surface area contributed by atoms with Crippen molar-refractivity contribution in [1.82, 2.24) is 0 Å². The zero-order valence-electron chi connectivity index (χ0n) is 13.0. The second kappa shape index (κ2) is 7.27. The van der Waals surface area contributed by atoms with Gasteiger partial charge in [-0.25, -0.2) is 4.52 Å². The number of carbonyl (C=O) groups excluding carboxylic acids is 2. The van der Waals surface area contributed by atoms with Crippen LogP contribution in [0, 0.1) is 0 Å². The van der Waals surface area contributed by atoms with Gasteiger partial charge in [-0.05, 0) is 18.2 Å². The molecule has 0 atom stereocenters. The summed E-state index contributed by atoms with van der Waals surface area (Å²) in [7, 11) is 0. The minimum atomic E-state index is -0.519. The van der Waals surface area contributed by atoms with Crippen molar-refractivity contribution in [1.29, 1.82) is 0 Å². The molecule has 0 amide bonds. The van der Waals surface area contributed by atoms with E-state index in [0.29, 0.717) is 11.3 Å². The van der Waals surface area contributed by atoms with Crippen LogP contribution in [0.2, 0.25) is 0 Å². The highest BCUT2D eigenvalue weighted by atomic mass is 79.9. The first-order chi connectivity index (χ1) is 11.0. The highest BCUT2D eigenvalue weighted by molar-refractivity contribution is 5.80. The molecule has 124 valence electrons. The minimum Gasteiger partial charge on any atom is -1.00 e. The second-order valence-corrected chi connectivity index (χ2v) is 4.87. The Morgan fingerprint density at radius 3 is 2.42 bits per heavy atom. The number of nitrogens with zero attached hydrogens (tertiary/aromatic N) is 1. The van der Waals surface area contributed by atoms with Gasteiger partial charge in [0, 0.05) is 30.6 Å². The third-order valence-electron chi connectivity index (χ3n) is 3.07. The normalized spacial score (nSPS) is 10.1. The molecule has 0 saturated heterocycles. The van der Waals surface area contributed by atoms with Crippen molar-refractivity contribution in [2.24, 2.45) is 0 Å². The van der Waals surface area contributed by atoms with Gasteiger partial charge in [0.25, 0.3) is 5.52 Å². The number of benzene rings is 1.